The molecule has 2 aromatic rings. The number of methoxy groups -OCH3 is 2. The molecule has 2 rings (SSSR count). The van der Waals surface area contributed by atoms with Gasteiger partial charge in [-0.2, -0.15) is 0 Å². The molecular weight excluding hydrogens is 499 g/mol. The van der Waals surface area contributed by atoms with E-state index in [-0.39, 0.29) is 4.83 Å². The van der Waals surface area contributed by atoms with Gasteiger partial charge in [0.25, 0.3) is 0 Å². The van der Waals surface area contributed by atoms with Gasteiger partial charge in [-0.1, -0.05) is 37.9 Å². The molecule has 0 aliphatic heterocycles. The third kappa shape index (κ3) is 3.49. The summed E-state index contributed by atoms with van der Waals surface area (Å²) < 4.78 is 13.0. The molecule has 0 spiro atoms. The van der Waals surface area contributed by atoms with Gasteiger partial charge < -0.3 is 9.47 Å². The standard InChI is InChI=1S/C15H13Br2IO2/c1-19-10-4-5-11(14(8-10)20-2)15(17)12-7-9(16)3-6-13(12)18/h3-8,15H,1-2H3. The van der Waals surface area contributed by atoms with Gasteiger partial charge in [-0.3, -0.25) is 0 Å². The number of ether oxygens (including phenoxy) is 2. The van der Waals surface area contributed by atoms with E-state index in [2.05, 4.69) is 66.6 Å². The molecule has 2 aromatic carbocycles. The zero-order chi connectivity index (χ0) is 14.7. The Bertz CT molecular complexity index is 617. The van der Waals surface area contributed by atoms with Gasteiger partial charge in [0.1, 0.15) is 11.5 Å². The van der Waals surface area contributed by atoms with Crippen LogP contribution in [0.25, 0.3) is 0 Å². The predicted octanol–water partition coefficient (Wildman–Crippen LogP) is 5.56. The Hall–Kier alpha value is -0.270. The van der Waals surface area contributed by atoms with Crippen LogP contribution in [0.2, 0.25) is 0 Å². The number of benzene rings is 2. The van der Waals surface area contributed by atoms with Crippen molar-refractivity contribution in [3.05, 3.63) is 55.6 Å². The Kier molecular flexibility index (Phi) is 5.74. The van der Waals surface area contributed by atoms with Crippen LogP contribution in [0.3, 0.4) is 0 Å². The molecule has 1 atom stereocenters. The molecule has 0 saturated heterocycles. The lowest BCUT2D eigenvalue weighted by Gasteiger charge is -2.17. The highest BCUT2D eigenvalue weighted by molar-refractivity contribution is 14.1. The van der Waals surface area contributed by atoms with E-state index < -0.39 is 0 Å². The van der Waals surface area contributed by atoms with Crippen LogP contribution in [-0.4, -0.2) is 14.2 Å². The number of hydrogen-bond acceptors (Lipinski definition) is 2. The molecule has 0 aliphatic rings. The molecule has 0 fully saturated rings. The molecule has 0 amide bonds. The van der Waals surface area contributed by atoms with Crippen LogP contribution in [0, 0.1) is 3.57 Å². The predicted molar refractivity (Wildman–Crippen MR) is 97.2 cm³/mol. The molecule has 0 N–H and O–H groups in total. The molecule has 2 nitrogen and oxygen atoms in total. The van der Waals surface area contributed by atoms with E-state index in [0.717, 1.165) is 21.5 Å². The monoisotopic (exact) mass is 510 g/mol. The fourth-order valence-corrected chi connectivity index (χ4v) is 4.11. The number of alkyl halides is 1. The summed E-state index contributed by atoms with van der Waals surface area (Å²) in [4.78, 5) is 0.0627. The minimum atomic E-state index is 0.0627. The Morgan fingerprint density at radius 2 is 1.75 bits per heavy atom. The maximum absolute atomic E-state index is 5.48. The number of hydrogen-bond donors (Lipinski definition) is 0. The quantitative estimate of drug-likeness (QED) is 0.395. The molecule has 5 heteroatoms. The second kappa shape index (κ2) is 7.13. The topological polar surface area (TPSA) is 18.5 Å². The van der Waals surface area contributed by atoms with E-state index >= 15 is 0 Å². The first-order chi connectivity index (χ1) is 9.56. The molecular formula is C15H13Br2IO2. The van der Waals surface area contributed by atoms with E-state index in [1.54, 1.807) is 14.2 Å². The van der Waals surface area contributed by atoms with E-state index in [0.29, 0.717) is 0 Å². The summed E-state index contributed by atoms with van der Waals surface area (Å²) in [6.45, 7) is 0. The zero-order valence-corrected chi connectivity index (χ0v) is 16.3. The van der Waals surface area contributed by atoms with Gasteiger partial charge in [0, 0.05) is 19.7 Å². The lowest BCUT2D eigenvalue weighted by molar-refractivity contribution is 0.391. The van der Waals surface area contributed by atoms with Crippen molar-refractivity contribution in [3.63, 3.8) is 0 Å². The van der Waals surface area contributed by atoms with Gasteiger partial charge in [0.05, 0.1) is 19.0 Å². The van der Waals surface area contributed by atoms with Crippen LogP contribution >= 0.6 is 54.5 Å². The summed E-state index contributed by atoms with van der Waals surface area (Å²) in [6.07, 6.45) is 0. The highest BCUT2D eigenvalue weighted by atomic mass is 127. The average molecular weight is 512 g/mol. The van der Waals surface area contributed by atoms with E-state index in [1.165, 1.54) is 9.13 Å². The van der Waals surface area contributed by atoms with Crippen LogP contribution in [0.4, 0.5) is 0 Å². The Morgan fingerprint density at radius 1 is 1.00 bits per heavy atom. The first kappa shape index (κ1) is 16.1. The Labute approximate surface area is 149 Å². The van der Waals surface area contributed by atoms with Gasteiger partial charge in [0.2, 0.25) is 0 Å². The van der Waals surface area contributed by atoms with Crippen molar-refractivity contribution in [2.75, 3.05) is 14.2 Å². The average Bonchev–Trinajstić information content (AvgIpc) is 2.48. The van der Waals surface area contributed by atoms with Crippen molar-refractivity contribution >= 4 is 54.5 Å². The third-order valence-corrected chi connectivity index (χ3v) is 5.41. The maximum atomic E-state index is 5.48. The fraction of sp³-hybridized carbons (Fsp3) is 0.200. The van der Waals surface area contributed by atoms with Crippen LogP contribution in [-0.2, 0) is 0 Å². The Balaban J connectivity index is 2.47. The third-order valence-electron chi connectivity index (χ3n) is 2.94. The smallest absolute Gasteiger partial charge is 0.127 e. The van der Waals surface area contributed by atoms with Gasteiger partial charge in [0.15, 0.2) is 0 Å². The Morgan fingerprint density at radius 3 is 2.40 bits per heavy atom. The van der Waals surface area contributed by atoms with E-state index in [1.807, 2.05) is 24.3 Å². The van der Waals surface area contributed by atoms with Crippen molar-refractivity contribution < 1.29 is 9.47 Å². The van der Waals surface area contributed by atoms with E-state index in [9.17, 15) is 0 Å². The van der Waals surface area contributed by atoms with Crippen LogP contribution in [0.1, 0.15) is 16.0 Å². The summed E-state index contributed by atoms with van der Waals surface area (Å²) in [7, 11) is 3.32. The van der Waals surface area contributed by atoms with Gasteiger partial charge in [-0.25, -0.2) is 0 Å². The highest BCUT2D eigenvalue weighted by Crippen LogP contribution is 2.40. The van der Waals surface area contributed by atoms with Gasteiger partial charge >= 0.3 is 0 Å². The first-order valence-electron chi connectivity index (χ1n) is 5.87. The van der Waals surface area contributed by atoms with Crippen molar-refractivity contribution in [2.24, 2.45) is 0 Å². The second-order valence-corrected chi connectivity index (χ2v) is 7.13. The molecule has 0 radical (unpaired) electrons. The zero-order valence-electron chi connectivity index (χ0n) is 11.0. The molecule has 0 saturated carbocycles. The summed E-state index contributed by atoms with van der Waals surface area (Å²) >= 11 is 9.63. The van der Waals surface area contributed by atoms with Gasteiger partial charge in [-0.15, -0.1) is 0 Å². The van der Waals surface area contributed by atoms with Crippen molar-refractivity contribution in [3.8, 4) is 11.5 Å². The van der Waals surface area contributed by atoms with Crippen molar-refractivity contribution in [1.29, 1.82) is 0 Å². The lowest BCUT2D eigenvalue weighted by atomic mass is 10.0. The summed E-state index contributed by atoms with van der Waals surface area (Å²) in [5.74, 6) is 1.59. The fourth-order valence-electron chi connectivity index (χ4n) is 1.90. The second-order valence-electron chi connectivity index (χ2n) is 4.14. The summed E-state index contributed by atoms with van der Waals surface area (Å²) in [6, 6.07) is 12.1. The molecule has 0 heterocycles. The van der Waals surface area contributed by atoms with Gasteiger partial charge in [-0.05, 0) is 52.4 Å². The minimum Gasteiger partial charge on any atom is -0.497 e. The maximum Gasteiger partial charge on any atom is 0.127 e. The minimum absolute atomic E-state index is 0.0627. The molecule has 0 bridgehead atoms. The summed E-state index contributed by atoms with van der Waals surface area (Å²) in [5.41, 5.74) is 2.27. The normalized spacial score (nSPS) is 12.1. The number of rotatable bonds is 4. The van der Waals surface area contributed by atoms with E-state index in [4.69, 9.17) is 9.47 Å². The molecule has 20 heavy (non-hydrogen) atoms. The number of halogens is 3. The molecule has 0 aliphatic carbocycles. The van der Waals surface area contributed by atoms with Crippen molar-refractivity contribution in [1.82, 2.24) is 0 Å². The molecule has 0 aromatic heterocycles. The van der Waals surface area contributed by atoms with Crippen LogP contribution in [0.5, 0.6) is 11.5 Å². The lowest BCUT2D eigenvalue weighted by Crippen LogP contribution is -2.00. The summed E-state index contributed by atoms with van der Waals surface area (Å²) in [5, 5.41) is 0. The largest absolute Gasteiger partial charge is 0.497 e. The first-order valence-corrected chi connectivity index (χ1v) is 8.66. The van der Waals surface area contributed by atoms with Crippen LogP contribution in [0.15, 0.2) is 40.9 Å². The highest BCUT2D eigenvalue weighted by Gasteiger charge is 2.18. The SMILES string of the molecule is COc1ccc(C(Br)c2cc(Br)ccc2I)c(OC)c1. The van der Waals surface area contributed by atoms with Crippen LogP contribution < -0.4 is 9.47 Å². The van der Waals surface area contributed by atoms with Crippen molar-refractivity contribution in [2.45, 2.75) is 4.83 Å². The molecule has 1 unspecified atom stereocenters. The molecule has 106 valence electrons.